The van der Waals surface area contributed by atoms with Crippen molar-refractivity contribution in [3.8, 4) is 11.5 Å². The number of fused-ring (bicyclic) bond motifs is 1. The zero-order chi connectivity index (χ0) is 24.9. The average molecular weight is 478 g/mol. The number of carbonyl (C=O) groups is 1. The predicted molar refractivity (Wildman–Crippen MR) is 134 cm³/mol. The van der Waals surface area contributed by atoms with Crippen LogP contribution in [-0.2, 0) is 4.74 Å². The fourth-order valence-electron chi connectivity index (χ4n) is 4.70. The number of aryl methyl sites for hydroxylation is 1. The smallest absolute Gasteiger partial charge is 0.338 e. The highest BCUT2D eigenvalue weighted by Gasteiger charge is 2.30. The molecule has 1 aliphatic heterocycles. The first-order valence-electron chi connectivity index (χ1n) is 11.9. The summed E-state index contributed by atoms with van der Waals surface area (Å²) in [5.74, 6) is 0.556. The van der Waals surface area contributed by atoms with Crippen LogP contribution in [0.4, 0.5) is 4.39 Å². The van der Waals surface area contributed by atoms with Crippen LogP contribution in [0, 0.1) is 12.7 Å². The second-order valence-electron chi connectivity index (χ2n) is 8.99. The lowest BCUT2D eigenvalue weighted by Gasteiger charge is -2.33. The standard InChI is InChI=1S/C29H32FNO4/c1-18-9-10-21(15-24(18)29(32)34-4)25-17-22(35-27-8-6-5-7-23(25)27)13-14-31-19(2)20-11-12-26(30)28(16-20)33-3/h5-12,15-16,19,22,25,31H,13-14,17H2,1-4H3/t19?,22-,25-/m1/s1. The molecule has 184 valence electrons. The van der Waals surface area contributed by atoms with Gasteiger partial charge in [-0.2, -0.15) is 0 Å². The maximum absolute atomic E-state index is 13.8. The normalized spacial score (nSPS) is 17.7. The number of nitrogens with one attached hydrogen (secondary N) is 1. The second-order valence-corrected chi connectivity index (χ2v) is 8.99. The van der Waals surface area contributed by atoms with Gasteiger partial charge in [-0.15, -0.1) is 0 Å². The maximum Gasteiger partial charge on any atom is 0.338 e. The Morgan fingerprint density at radius 2 is 1.94 bits per heavy atom. The van der Waals surface area contributed by atoms with Crippen molar-refractivity contribution in [2.75, 3.05) is 20.8 Å². The van der Waals surface area contributed by atoms with Crippen LogP contribution in [0.5, 0.6) is 11.5 Å². The molecule has 0 fully saturated rings. The SMILES string of the molecule is COC(=O)c1cc([C@H]2C[C@@H](CCNC(C)c3ccc(F)c(OC)c3)Oc3ccccc32)ccc1C. The van der Waals surface area contributed by atoms with Crippen molar-refractivity contribution in [1.82, 2.24) is 5.32 Å². The van der Waals surface area contributed by atoms with Gasteiger partial charge in [0.05, 0.1) is 19.8 Å². The molecule has 0 saturated heterocycles. The van der Waals surface area contributed by atoms with Gasteiger partial charge < -0.3 is 19.5 Å². The van der Waals surface area contributed by atoms with Gasteiger partial charge in [0.15, 0.2) is 11.6 Å². The van der Waals surface area contributed by atoms with Gasteiger partial charge in [0, 0.05) is 17.5 Å². The van der Waals surface area contributed by atoms with Crippen LogP contribution in [0.3, 0.4) is 0 Å². The minimum absolute atomic E-state index is 0.0141. The van der Waals surface area contributed by atoms with Crippen molar-refractivity contribution < 1.29 is 23.4 Å². The van der Waals surface area contributed by atoms with Gasteiger partial charge >= 0.3 is 5.97 Å². The number of hydrogen-bond donors (Lipinski definition) is 1. The van der Waals surface area contributed by atoms with Gasteiger partial charge in [0.25, 0.3) is 0 Å². The summed E-state index contributed by atoms with van der Waals surface area (Å²) in [4.78, 5) is 12.3. The second kappa shape index (κ2) is 10.9. The highest BCUT2D eigenvalue weighted by Crippen LogP contribution is 2.41. The lowest BCUT2D eigenvalue weighted by atomic mass is 9.82. The number of halogens is 1. The molecule has 0 aliphatic carbocycles. The van der Waals surface area contributed by atoms with Gasteiger partial charge in [-0.1, -0.05) is 36.4 Å². The molecule has 1 N–H and O–H groups in total. The van der Waals surface area contributed by atoms with E-state index in [0.29, 0.717) is 5.56 Å². The molecular weight excluding hydrogens is 445 g/mol. The maximum atomic E-state index is 13.8. The van der Waals surface area contributed by atoms with Crippen molar-refractivity contribution >= 4 is 5.97 Å². The fraction of sp³-hybridized carbons (Fsp3) is 0.345. The predicted octanol–water partition coefficient (Wildman–Crippen LogP) is 5.95. The third-order valence-electron chi connectivity index (χ3n) is 6.75. The Balaban J connectivity index is 1.48. The molecule has 0 aromatic heterocycles. The summed E-state index contributed by atoms with van der Waals surface area (Å²) < 4.78 is 30.2. The van der Waals surface area contributed by atoms with E-state index in [1.54, 1.807) is 12.1 Å². The van der Waals surface area contributed by atoms with Crippen LogP contribution in [0.1, 0.15) is 64.3 Å². The summed E-state index contributed by atoms with van der Waals surface area (Å²) >= 11 is 0. The number of rotatable bonds is 8. The molecule has 3 atom stereocenters. The van der Waals surface area contributed by atoms with E-state index in [4.69, 9.17) is 14.2 Å². The molecule has 6 heteroatoms. The lowest BCUT2D eigenvalue weighted by Crippen LogP contribution is -2.31. The molecule has 3 aromatic carbocycles. The summed E-state index contributed by atoms with van der Waals surface area (Å²) in [6.07, 6.45) is 1.63. The Labute approximate surface area is 206 Å². The molecule has 1 aliphatic rings. The monoisotopic (exact) mass is 477 g/mol. The molecule has 0 radical (unpaired) electrons. The summed E-state index contributed by atoms with van der Waals surface area (Å²) in [5, 5.41) is 3.52. The first-order valence-corrected chi connectivity index (χ1v) is 11.9. The van der Waals surface area contributed by atoms with E-state index < -0.39 is 0 Å². The van der Waals surface area contributed by atoms with Crippen LogP contribution in [0.25, 0.3) is 0 Å². The van der Waals surface area contributed by atoms with Crippen molar-refractivity contribution in [2.24, 2.45) is 0 Å². The molecule has 1 unspecified atom stereocenters. The van der Waals surface area contributed by atoms with E-state index in [0.717, 1.165) is 47.4 Å². The van der Waals surface area contributed by atoms with Crippen LogP contribution in [0.2, 0.25) is 0 Å². The van der Waals surface area contributed by atoms with E-state index in [1.807, 2.05) is 44.2 Å². The molecule has 3 aromatic rings. The van der Waals surface area contributed by atoms with Crippen molar-refractivity contribution in [3.05, 3.63) is 94.3 Å². The summed E-state index contributed by atoms with van der Waals surface area (Å²) in [6.45, 7) is 4.70. The molecule has 5 nitrogen and oxygen atoms in total. The average Bonchev–Trinajstić information content (AvgIpc) is 2.88. The fourth-order valence-corrected chi connectivity index (χ4v) is 4.70. The third-order valence-corrected chi connectivity index (χ3v) is 6.75. The number of para-hydroxylation sites is 1. The number of esters is 1. The number of ether oxygens (including phenoxy) is 3. The first-order chi connectivity index (χ1) is 16.9. The zero-order valence-corrected chi connectivity index (χ0v) is 20.6. The highest BCUT2D eigenvalue weighted by atomic mass is 19.1. The van der Waals surface area contributed by atoms with Crippen molar-refractivity contribution in [3.63, 3.8) is 0 Å². The van der Waals surface area contributed by atoms with E-state index in [1.165, 1.54) is 20.3 Å². The molecule has 0 bridgehead atoms. The number of benzene rings is 3. The van der Waals surface area contributed by atoms with E-state index >= 15 is 0 Å². The van der Waals surface area contributed by atoms with E-state index in [2.05, 4.69) is 17.4 Å². The quantitative estimate of drug-likeness (QED) is 0.406. The largest absolute Gasteiger partial charge is 0.494 e. The van der Waals surface area contributed by atoms with Gasteiger partial charge in [-0.3, -0.25) is 0 Å². The lowest BCUT2D eigenvalue weighted by molar-refractivity contribution is 0.0599. The van der Waals surface area contributed by atoms with Crippen LogP contribution in [-0.4, -0.2) is 32.8 Å². The van der Waals surface area contributed by atoms with Gasteiger partial charge in [-0.25, -0.2) is 9.18 Å². The molecule has 1 heterocycles. The molecule has 0 amide bonds. The number of methoxy groups -OCH3 is 2. The molecular formula is C29H32FNO4. The van der Waals surface area contributed by atoms with Crippen molar-refractivity contribution in [2.45, 2.75) is 44.8 Å². The Kier molecular flexibility index (Phi) is 7.71. The first kappa shape index (κ1) is 24.7. The Morgan fingerprint density at radius 1 is 1.14 bits per heavy atom. The topological polar surface area (TPSA) is 56.8 Å². The highest BCUT2D eigenvalue weighted by molar-refractivity contribution is 5.91. The number of carbonyl (C=O) groups excluding carboxylic acids is 1. The summed E-state index contributed by atoms with van der Waals surface area (Å²) in [7, 11) is 2.88. The Hall–Kier alpha value is -3.38. The van der Waals surface area contributed by atoms with Crippen molar-refractivity contribution in [1.29, 1.82) is 0 Å². The summed E-state index contributed by atoms with van der Waals surface area (Å²) in [5.41, 5.74) is 4.66. The number of hydrogen-bond acceptors (Lipinski definition) is 5. The van der Waals surface area contributed by atoms with E-state index in [9.17, 15) is 9.18 Å². The van der Waals surface area contributed by atoms with Gasteiger partial charge in [-0.05, 0) is 74.2 Å². The third kappa shape index (κ3) is 5.49. The van der Waals surface area contributed by atoms with Crippen LogP contribution < -0.4 is 14.8 Å². The van der Waals surface area contributed by atoms with Crippen LogP contribution in [0.15, 0.2) is 60.7 Å². The molecule has 4 rings (SSSR count). The minimum Gasteiger partial charge on any atom is -0.494 e. The minimum atomic E-state index is -0.366. The Morgan fingerprint density at radius 3 is 2.71 bits per heavy atom. The Bertz CT molecular complexity index is 1200. The van der Waals surface area contributed by atoms with E-state index in [-0.39, 0.29) is 35.6 Å². The molecule has 0 saturated carbocycles. The molecule has 35 heavy (non-hydrogen) atoms. The van der Waals surface area contributed by atoms with Crippen LogP contribution >= 0.6 is 0 Å². The summed E-state index contributed by atoms with van der Waals surface area (Å²) in [6, 6.07) is 19.1. The zero-order valence-electron chi connectivity index (χ0n) is 20.6. The molecule has 0 spiro atoms. The van der Waals surface area contributed by atoms with Gasteiger partial charge in [0.2, 0.25) is 0 Å². The van der Waals surface area contributed by atoms with Gasteiger partial charge in [0.1, 0.15) is 11.9 Å².